The fourth-order valence-corrected chi connectivity index (χ4v) is 1.77. The molecule has 5 heteroatoms. The van der Waals surface area contributed by atoms with Crippen LogP contribution in [0.15, 0.2) is 18.3 Å². The van der Waals surface area contributed by atoms with Gasteiger partial charge in [0.25, 0.3) is 0 Å². The number of aromatic nitrogens is 1. The molecule has 98 valence electrons. The van der Waals surface area contributed by atoms with Crippen molar-refractivity contribution in [2.75, 3.05) is 31.7 Å². The molecule has 0 atom stereocenters. The number of hydrogen-bond donors (Lipinski definition) is 1. The summed E-state index contributed by atoms with van der Waals surface area (Å²) in [6.07, 6.45) is 1.66. The molecule has 0 unspecified atom stereocenters. The Morgan fingerprint density at radius 2 is 2.39 bits per heavy atom. The van der Waals surface area contributed by atoms with Crippen LogP contribution in [-0.2, 0) is 9.47 Å². The van der Waals surface area contributed by atoms with Crippen LogP contribution in [0.4, 0.5) is 5.82 Å². The molecule has 0 aromatic carbocycles. The quantitative estimate of drug-likeness (QED) is 0.806. The van der Waals surface area contributed by atoms with Gasteiger partial charge in [-0.05, 0) is 19.1 Å². The number of anilines is 1. The molecule has 0 aliphatic carbocycles. The fraction of sp³-hybridized carbons (Fsp3) is 0.538. The number of ether oxygens (including phenoxy) is 2. The molecule has 2 rings (SSSR count). The van der Waals surface area contributed by atoms with Crippen molar-refractivity contribution >= 4 is 11.8 Å². The van der Waals surface area contributed by atoms with E-state index in [2.05, 4.69) is 17.2 Å². The smallest absolute Gasteiger partial charge is 0.341 e. The van der Waals surface area contributed by atoms with E-state index >= 15 is 0 Å². The minimum Gasteiger partial charge on any atom is -0.462 e. The lowest BCUT2D eigenvalue weighted by Crippen LogP contribution is -2.45. The summed E-state index contributed by atoms with van der Waals surface area (Å²) in [5, 5.41) is 3.20. The molecular formula is C13H18N2O3. The van der Waals surface area contributed by atoms with Crippen LogP contribution in [0, 0.1) is 5.41 Å². The van der Waals surface area contributed by atoms with Crippen molar-refractivity contribution in [1.82, 2.24) is 4.98 Å². The second kappa shape index (κ2) is 5.35. The number of pyridine rings is 1. The van der Waals surface area contributed by atoms with Crippen LogP contribution < -0.4 is 5.32 Å². The highest BCUT2D eigenvalue weighted by Gasteiger charge is 2.33. The Morgan fingerprint density at radius 3 is 3.00 bits per heavy atom. The standard InChI is InChI=1S/C13H18N2O3/c1-3-18-12(16)10-5-4-6-14-11(10)15-7-13(2)8-17-9-13/h4-6H,3,7-9H2,1-2H3,(H,14,15). The lowest BCUT2D eigenvalue weighted by atomic mass is 9.89. The molecule has 18 heavy (non-hydrogen) atoms. The second-order valence-electron chi connectivity index (χ2n) is 4.78. The number of rotatable bonds is 5. The summed E-state index contributed by atoms with van der Waals surface area (Å²) in [5.74, 6) is 0.229. The Bertz CT molecular complexity index is 430. The molecule has 0 spiro atoms. The van der Waals surface area contributed by atoms with Crippen molar-refractivity contribution < 1.29 is 14.3 Å². The first-order chi connectivity index (χ1) is 8.64. The summed E-state index contributed by atoms with van der Waals surface area (Å²) in [6, 6.07) is 3.44. The van der Waals surface area contributed by atoms with Gasteiger partial charge in [-0.15, -0.1) is 0 Å². The molecule has 2 heterocycles. The van der Waals surface area contributed by atoms with Crippen LogP contribution in [-0.4, -0.2) is 37.3 Å². The highest BCUT2D eigenvalue weighted by atomic mass is 16.5. The molecule has 5 nitrogen and oxygen atoms in total. The van der Waals surface area contributed by atoms with Crippen LogP contribution in [0.2, 0.25) is 0 Å². The van der Waals surface area contributed by atoms with E-state index in [1.54, 1.807) is 25.3 Å². The third-order valence-corrected chi connectivity index (χ3v) is 2.89. The zero-order valence-electron chi connectivity index (χ0n) is 10.7. The van der Waals surface area contributed by atoms with Gasteiger partial charge in [-0.25, -0.2) is 9.78 Å². The van der Waals surface area contributed by atoms with Gasteiger partial charge in [0.15, 0.2) is 0 Å². The van der Waals surface area contributed by atoms with Crippen molar-refractivity contribution in [2.45, 2.75) is 13.8 Å². The van der Waals surface area contributed by atoms with Crippen molar-refractivity contribution in [1.29, 1.82) is 0 Å². The summed E-state index contributed by atoms with van der Waals surface area (Å²) in [7, 11) is 0. The van der Waals surface area contributed by atoms with Crippen molar-refractivity contribution in [2.24, 2.45) is 5.41 Å². The van der Waals surface area contributed by atoms with E-state index in [-0.39, 0.29) is 11.4 Å². The summed E-state index contributed by atoms with van der Waals surface area (Å²) < 4.78 is 10.2. The molecule has 1 fully saturated rings. The zero-order chi connectivity index (χ0) is 13.0. The van der Waals surface area contributed by atoms with Crippen LogP contribution in [0.3, 0.4) is 0 Å². The minimum atomic E-state index is -0.344. The van der Waals surface area contributed by atoms with Gasteiger partial charge in [0, 0.05) is 18.2 Å². The molecule has 1 N–H and O–H groups in total. The molecule has 0 bridgehead atoms. The van der Waals surface area contributed by atoms with E-state index in [1.807, 2.05) is 0 Å². The van der Waals surface area contributed by atoms with Gasteiger partial charge in [0.05, 0.1) is 19.8 Å². The summed E-state index contributed by atoms with van der Waals surface area (Å²) >= 11 is 0. The van der Waals surface area contributed by atoms with Crippen molar-refractivity contribution in [3.05, 3.63) is 23.9 Å². The number of hydrogen-bond acceptors (Lipinski definition) is 5. The molecule has 0 amide bonds. The number of esters is 1. The predicted octanol–water partition coefficient (Wildman–Crippen LogP) is 1.71. The Labute approximate surface area is 107 Å². The molecule has 1 aromatic heterocycles. The fourth-order valence-electron chi connectivity index (χ4n) is 1.77. The van der Waals surface area contributed by atoms with Gasteiger partial charge in [-0.1, -0.05) is 6.92 Å². The molecule has 1 saturated heterocycles. The van der Waals surface area contributed by atoms with E-state index in [1.165, 1.54) is 0 Å². The third-order valence-electron chi connectivity index (χ3n) is 2.89. The first-order valence-corrected chi connectivity index (χ1v) is 6.08. The van der Waals surface area contributed by atoms with Crippen LogP contribution in [0.25, 0.3) is 0 Å². The second-order valence-corrected chi connectivity index (χ2v) is 4.78. The lowest BCUT2D eigenvalue weighted by Gasteiger charge is -2.38. The highest BCUT2D eigenvalue weighted by molar-refractivity contribution is 5.94. The van der Waals surface area contributed by atoms with Gasteiger partial charge < -0.3 is 14.8 Å². The van der Waals surface area contributed by atoms with E-state index in [0.717, 1.165) is 19.8 Å². The Hall–Kier alpha value is -1.62. The highest BCUT2D eigenvalue weighted by Crippen LogP contribution is 2.27. The maximum absolute atomic E-state index is 11.7. The van der Waals surface area contributed by atoms with E-state index < -0.39 is 0 Å². The van der Waals surface area contributed by atoms with E-state index in [4.69, 9.17) is 9.47 Å². The van der Waals surface area contributed by atoms with Crippen LogP contribution in [0.1, 0.15) is 24.2 Å². The summed E-state index contributed by atoms with van der Waals surface area (Å²) in [5.41, 5.74) is 0.604. The van der Waals surface area contributed by atoms with Crippen molar-refractivity contribution in [3.63, 3.8) is 0 Å². The normalized spacial score (nSPS) is 16.8. The molecular weight excluding hydrogens is 232 g/mol. The number of nitrogens with zero attached hydrogens (tertiary/aromatic N) is 1. The third kappa shape index (κ3) is 2.79. The first-order valence-electron chi connectivity index (χ1n) is 6.08. The maximum Gasteiger partial charge on any atom is 0.341 e. The van der Waals surface area contributed by atoms with Gasteiger partial charge in [0.1, 0.15) is 11.4 Å². The molecule has 0 saturated carbocycles. The van der Waals surface area contributed by atoms with Crippen LogP contribution in [0.5, 0.6) is 0 Å². The average Bonchev–Trinajstić information content (AvgIpc) is 2.35. The maximum atomic E-state index is 11.7. The van der Waals surface area contributed by atoms with Crippen LogP contribution >= 0.6 is 0 Å². The zero-order valence-corrected chi connectivity index (χ0v) is 10.7. The molecule has 1 aromatic rings. The molecule has 1 aliphatic heterocycles. The SMILES string of the molecule is CCOC(=O)c1cccnc1NCC1(C)COC1. The Kier molecular flexibility index (Phi) is 3.81. The van der Waals surface area contributed by atoms with Gasteiger partial charge in [0.2, 0.25) is 0 Å². The summed E-state index contributed by atoms with van der Waals surface area (Å²) in [6.45, 7) is 6.49. The Morgan fingerprint density at radius 1 is 1.61 bits per heavy atom. The topological polar surface area (TPSA) is 60.5 Å². The predicted molar refractivity (Wildman–Crippen MR) is 67.6 cm³/mol. The number of carbonyl (C=O) groups is 1. The largest absolute Gasteiger partial charge is 0.462 e. The number of nitrogens with one attached hydrogen (secondary N) is 1. The van der Waals surface area contributed by atoms with E-state index in [0.29, 0.717) is 18.0 Å². The van der Waals surface area contributed by atoms with E-state index in [9.17, 15) is 4.79 Å². The minimum absolute atomic E-state index is 0.128. The van der Waals surface area contributed by atoms with Gasteiger partial charge >= 0.3 is 5.97 Å². The molecule has 1 aliphatic rings. The average molecular weight is 250 g/mol. The number of carbonyl (C=O) groups excluding carboxylic acids is 1. The van der Waals surface area contributed by atoms with Gasteiger partial charge in [-0.2, -0.15) is 0 Å². The van der Waals surface area contributed by atoms with Gasteiger partial charge in [-0.3, -0.25) is 0 Å². The Balaban J connectivity index is 2.05. The monoisotopic (exact) mass is 250 g/mol. The first kappa shape index (κ1) is 12.8. The summed E-state index contributed by atoms with van der Waals surface area (Å²) in [4.78, 5) is 15.9. The lowest BCUT2D eigenvalue weighted by molar-refractivity contribution is -0.0924. The molecule has 0 radical (unpaired) electrons. The van der Waals surface area contributed by atoms with Crippen molar-refractivity contribution in [3.8, 4) is 0 Å².